The maximum absolute atomic E-state index is 12.9. The molecule has 6 nitrogen and oxygen atoms in total. The fraction of sp³-hybridized carbons (Fsp3) is 0.529. The van der Waals surface area contributed by atoms with Gasteiger partial charge >= 0.3 is 0 Å². The lowest BCUT2D eigenvalue weighted by molar-refractivity contribution is 0.0368. The predicted molar refractivity (Wildman–Crippen MR) is 95.5 cm³/mol. The minimum atomic E-state index is -0.315. The Kier molecular flexibility index (Phi) is 5.50. The van der Waals surface area contributed by atoms with Gasteiger partial charge < -0.3 is 10.5 Å². The van der Waals surface area contributed by atoms with Crippen LogP contribution in [0.3, 0.4) is 0 Å². The highest BCUT2D eigenvalue weighted by Gasteiger charge is 2.16. The van der Waals surface area contributed by atoms with E-state index in [4.69, 9.17) is 22.1 Å². The van der Waals surface area contributed by atoms with Crippen LogP contribution in [-0.4, -0.2) is 47.3 Å². The van der Waals surface area contributed by atoms with Gasteiger partial charge in [0.1, 0.15) is 5.82 Å². The highest BCUT2D eigenvalue weighted by Crippen LogP contribution is 2.20. The molecule has 0 bridgehead atoms. The smallest absolute Gasteiger partial charge is 0.262 e. The highest BCUT2D eigenvalue weighted by molar-refractivity contribution is 6.35. The predicted octanol–water partition coefficient (Wildman–Crippen LogP) is 1.79. The Hall–Kier alpha value is -1.47. The van der Waals surface area contributed by atoms with Crippen molar-refractivity contribution < 1.29 is 4.74 Å². The van der Waals surface area contributed by atoms with Crippen molar-refractivity contribution in [1.29, 1.82) is 0 Å². The lowest BCUT2D eigenvalue weighted by atomic mass is 10.2. The summed E-state index contributed by atoms with van der Waals surface area (Å²) in [7, 11) is 0. The van der Waals surface area contributed by atoms with E-state index in [-0.39, 0.29) is 11.6 Å². The summed E-state index contributed by atoms with van der Waals surface area (Å²) in [5.41, 5.74) is 6.53. The van der Waals surface area contributed by atoms with Gasteiger partial charge in [0.05, 0.1) is 35.2 Å². The number of halogens is 1. The van der Waals surface area contributed by atoms with Crippen molar-refractivity contribution in [2.75, 3.05) is 32.8 Å². The van der Waals surface area contributed by atoms with Crippen LogP contribution in [0, 0.1) is 0 Å². The maximum atomic E-state index is 12.9. The molecule has 1 aliphatic rings. The van der Waals surface area contributed by atoms with Crippen LogP contribution in [0.1, 0.15) is 25.2 Å². The molecule has 0 aliphatic carbocycles. The molecule has 2 aromatic rings. The number of hydrogen-bond donors (Lipinski definition) is 1. The largest absolute Gasteiger partial charge is 0.379 e. The molecule has 1 aliphatic heterocycles. The van der Waals surface area contributed by atoms with Gasteiger partial charge in [-0.25, -0.2) is 4.98 Å². The Balaban J connectivity index is 1.87. The average molecular weight is 351 g/mol. The Morgan fingerprint density at radius 3 is 2.79 bits per heavy atom. The molecule has 1 fully saturated rings. The molecular formula is C17H23ClN4O2. The number of benzene rings is 1. The first kappa shape index (κ1) is 17.4. The van der Waals surface area contributed by atoms with Crippen molar-refractivity contribution >= 4 is 22.5 Å². The van der Waals surface area contributed by atoms with E-state index < -0.39 is 0 Å². The fourth-order valence-corrected chi connectivity index (χ4v) is 3.33. The minimum Gasteiger partial charge on any atom is -0.379 e. The molecule has 3 rings (SSSR count). The van der Waals surface area contributed by atoms with Crippen LogP contribution in [0.2, 0.25) is 5.02 Å². The van der Waals surface area contributed by atoms with Crippen LogP contribution < -0.4 is 11.3 Å². The molecule has 130 valence electrons. The molecule has 7 heteroatoms. The third-order valence-electron chi connectivity index (χ3n) is 4.33. The second kappa shape index (κ2) is 7.61. The van der Waals surface area contributed by atoms with Gasteiger partial charge in [-0.05, 0) is 25.5 Å². The third-order valence-corrected chi connectivity index (χ3v) is 4.64. The van der Waals surface area contributed by atoms with Gasteiger partial charge in [-0.1, -0.05) is 17.7 Å². The lowest BCUT2D eigenvalue weighted by Gasteiger charge is -2.26. The van der Waals surface area contributed by atoms with E-state index in [1.807, 2.05) is 6.92 Å². The van der Waals surface area contributed by atoms with Crippen molar-refractivity contribution in [2.24, 2.45) is 5.73 Å². The van der Waals surface area contributed by atoms with E-state index in [2.05, 4.69) is 9.88 Å². The number of aromatic nitrogens is 2. The molecule has 0 spiro atoms. The summed E-state index contributed by atoms with van der Waals surface area (Å²) in [6.07, 6.45) is 0.858. The van der Waals surface area contributed by atoms with Crippen LogP contribution in [0.15, 0.2) is 23.0 Å². The standard InChI is InChI=1S/C17H23ClN4O2/c1-12(19)16-20-14-5-2-4-13(18)15(14)17(23)22(16)7-3-6-21-8-10-24-11-9-21/h2,4-5,12H,3,6-11,19H2,1H3. The molecular weight excluding hydrogens is 328 g/mol. The van der Waals surface area contributed by atoms with Crippen molar-refractivity contribution in [3.63, 3.8) is 0 Å². The first-order chi connectivity index (χ1) is 11.6. The average Bonchev–Trinajstić information content (AvgIpc) is 2.57. The summed E-state index contributed by atoms with van der Waals surface area (Å²) < 4.78 is 7.04. The molecule has 2 heterocycles. The summed E-state index contributed by atoms with van der Waals surface area (Å²) in [6.45, 7) is 6.79. The second-order valence-electron chi connectivity index (χ2n) is 6.16. The summed E-state index contributed by atoms with van der Waals surface area (Å²) >= 11 is 6.22. The van der Waals surface area contributed by atoms with Crippen molar-refractivity contribution in [3.8, 4) is 0 Å². The summed E-state index contributed by atoms with van der Waals surface area (Å²) in [5.74, 6) is 0.608. The summed E-state index contributed by atoms with van der Waals surface area (Å²) in [6, 6.07) is 5.00. The van der Waals surface area contributed by atoms with Crippen LogP contribution in [0.5, 0.6) is 0 Å². The number of nitrogens with two attached hydrogens (primary N) is 1. The number of rotatable bonds is 5. The quantitative estimate of drug-likeness (QED) is 0.890. The van der Waals surface area contributed by atoms with Gasteiger partial charge in [0.25, 0.3) is 5.56 Å². The number of nitrogens with zero attached hydrogens (tertiary/aromatic N) is 3. The molecule has 0 radical (unpaired) electrons. The van der Waals surface area contributed by atoms with Crippen LogP contribution >= 0.6 is 11.6 Å². The molecule has 0 amide bonds. The zero-order valence-corrected chi connectivity index (χ0v) is 14.6. The molecule has 2 N–H and O–H groups in total. The zero-order chi connectivity index (χ0) is 17.1. The second-order valence-corrected chi connectivity index (χ2v) is 6.56. The Morgan fingerprint density at radius 1 is 1.33 bits per heavy atom. The maximum Gasteiger partial charge on any atom is 0.262 e. The van der Waals surface area contributed by atoms with Gasteiger partial charge in [0.2, 0.25) is 0 Å². The topological polar surface area (TPSA) is 73.4 Å². The van der Waals surface area contributed by atoms with Gasteiger partial charge in [-0.2, -0.15) is 0 Å². The number of fused-ring (bicyclic) bond motifs is 1. The molecule has 1 aromatic carbocycles. The van der Waals surface area contributed by atoms with E-state index in [1.54, 1.807) is 22.8 Å². The van der Waals surface area contributed by atoms with Gasteiger partial charge in [-0.15, -0.1) is 0 Å². The molecule has 1 saturated heterocycles. The Labute approximate surface area is 146 Å². The SMILES string of the molecule is CC(N)c1nc2cccc(Cl)c2c(=O)n1CCCN1CCOCC1. The minimum absolute atomic E-state index is 0.111. The lowest BCUT2D eigenvalue weighted by Crippen LogP contribution is -2.37. The highest BCUT2D eigenvalue weighted by atomic mass is 35.5. The molecule has 1 unspecified atom stereocenters. The monoisotopic (exact) mass is 350 g/mol. The summed E-state index contributed by atoms with van der Waals surface area (Å²) in [5, 5.41) is 0.901. The molecule has 1 aromatic heterocycles. The van der Waals surface area contributed by atoms with Gasteiger partial charge in [0.15, 0.2) is 0 Å². The number of hydrogen-bond acceptors (Lipinski definition) is 5. The van der Waals surface area contributed by atoms with E-state index in [0.717, 1.165) is 39.3 Å². The number of morpholine rings is 1. The van der Waals surface area contributed by atoms with E-state index in [0.29, 0.717) is 28.3 Å². The van der Waals surface area contributed by atoms with Crippen LogP contribution in [0.25, 0.3) is 10.9 Å². The van der Waals surface area contributed by atoms with Crippen LogP contribution in [-0.2, 0) is 11.3 Å². The first-order valence-electron chi connectivity index (χ1n) is 8.32. The first-order valence-corrected chi connectivity index (χ1v) is 8.70. The fourth-order valence-electron chi connectivity index (χ4n) is 3.08. The molecule has 0 saturated carbocycles. The van der Waals surface area contributed by atoms with Crippen molar-refractivity contribution in [3.05, 3.63) is 39.4 Å². The zero-order valence-electron chi connectivity index (χ0n) is 13.9. The Bertz CT molecular complexity index is 769. The number of ether oxygens (including phenoxy) is 1. The Morgan fingerprint density at radius 2 is 2.08 bits per heavy atom. The van der Waals surface area contributed by atoms with E-state index >= 15 is 0 Å². The van der Waals surface area contributed by atoms with E-state index in [9.17, 15) is 4.79 Å². The van der Waals surface area contributed by atoms with Gasteiger partial charge in [0, 0.05) is 26.2 Å². The molecule has 1 atom stereocenters. The van der Waals surface area contributed by atoms with Crippen molar-refractivity contribution in [1.82, 2.24) is 14.5 Å². The summed E-state index contributed by atoms with van der Waals surface area (Å²) in [4.78, 5) is 19.8. The van der Waals surface area contributed by atoms with Crippen LogP contribution in [0.4, 0.5) is 0 Å². The van der Waals surface area contributed by atoms with E-state index in [1.165, 1.54) is 0 Å². The van der Waals surface area contributed by atoms with Gasteiger partial charge in [-0.3, -0.25) is 14.3 Å². The normalized spacial score (nSPS) is 17.3. The van der Waals surface area contributed by atoms with Crippen molar-refractivity contribution in [2.45, 2.75) is 25.9 Å². The third kappa shape index (κ3) is 3.62. The molecule has 24 heavy (non-hydrogen) atoms.